The van der Waals surface area contributed by atoms with Gasteiger partial charge in [-0.3, -0.25) is 9.89 Å². The number of aromatic amines is 1. The van der Waals surface area contributed by atoms with E-state index in [-0.39, 0.29) is 36.8 Å². The van der Waals surface area contributed by atoms with Crippen LogP contribution in [0.1, 0.15) is 41.5 Å². The molecule has 0 aliphatic carbocycles. The molecular weight excluding hydrogens is 349 g/mol. The predicted molar refractivity (Wildman–Crippen MR) is 100 cm³/mol. The Morgan fingerprint density at radius 1 is 1.42 bits per heavy atom. The van der Waals surface area contributed by atoms with Crippen LogP contribution >= 0.6 is 24.8 Å². The van der Waals surface area contributed by atoms with Crippen molar-refractivity contribution in [2.24, 2.45) is 11.7 Å². The lowest BCUT2D eigenvalue weighted by Gasteiger charge is -2.38. The number of likely N-dealkylation sites (tertiary alicyclic amines) is 1. The Kier molecular flexibility index (Phi) is 7.01. The van der Waals surface area contributed by atoms with Crippen molar-refractivity contribution in [3.8, 4) is 0 Å². The summed E-state index contributed by atoms with van der Waals surface area (Å²) in [6.07, 6.45) is 2.00. The van der Waals surface area contributed by atoms with Crippen molar-refractivity contribution in [1.29, 1.82) is 0 Å². The molecule has 2 aromatic heterocycles. The standard InChI is InChI=1S/C16H23N5O.2ClH/c1-9-4-5-21(12(6-9)8-17)16(22)13-7-10(2)18-15-14(13)11(3)19-20-15;;/h7,9,12H,4-6,8,17H2,1-3H3,(H,18,19,20);2*1H. The lowest BCUT2D eigenvalue weighted by atomic mass is 9.91. The molecule has 6 nitrogen and oxygen atoms in total. The number of pyridine rings is 1. The van der Waals surface area contributed by atoms with Gasteiger partial charge in [0, 0.05) is 30.5 Å². The molecule has 24 heavy (non-hydrogen) atoms. The zero-order valence-electron chi connectivity index (χ0n) is 14.2. The van der Waals surface area contributed by atoms with Crippen LogP contribution in [0.5, 0.6) is 0 Å². The Labute approximate surface area is 154 Å². The molecule has 0 radical (unpaired) electrons. The SMILES string of the molecule is Cc1cc(C(=O)N2CCC(C)CC2CN)c2c(C)[nH]nc2n1.Cl.Cl. The number of amides is 1. The fourth-order valence-electron chi connectivity index (χ4n) is 3.37. The maximum Gasteiger partial charge on any atom is 0.255 e. The van der Waals surface area contributed by atoms with E-state index in [1.807, 2.05) is 24.8 Å². The molecule has 3 N–H and O–H groups in total. The molecule has 0 saturated carbocycles. The van der Waals surface area contributed by atoms with E-state index in [9.17, 15) is 4.79 Å². The molecule has 3 rings (SSSR count). The fourth-order valence-corrected chi connectivity index (χ4v) is 3.37. The van der Waals surface area contributed by atoms with Crippen LogP contribution in [-0.4, -0.2) is 45.1 Å². The normalized spacial score (nSPS) is 20.4. The number of nitrogens with two attached hydrogens (primary N) is 1. The molecule has 3 heterocycles. The maximum atomic E-state index is 13.1. The van der Waals surface area contributed by atoms with Crippen LogP contribution in [0.4, 0.5) is 0 Å². The number of H-pyrrole nitrogens is 1. The lowest BCUT2D eigenvalue weighted by Crippen LogP contribution is -2.49. The molecule has 0 spiro atoms. The van der Waals surface area contributed by atoms with Gasteiger partial charge >= 0.3 is 0 Å². The number of rotatable bonds is 2. The first kappa shape index (κ1) is 20.7. The summed E-state index contributed by atoms with van der Waals surface area (Å²) in [7, 11) is 0. The third kappa shape index (κ3) is 3.66. The highest BCUT2D eigenvalue weighted by atomic mass is 35.5. The minimum atomic E-state index is 0. The number of aryl methyl sites for hydroxylation is 2. The number of carbonyl (C=O) groups is 1. The molecule has 1 saturated heterocycles. The first-order valence-electron chi connectivity index (χ1n) is 7.84. The van der Waals surface area contributed by atoms with Crippen molar-refractivity contribution < 1.29 is 4.79 Å². The summed E-state index contributed by atoms with van der Waals surface area (Å²) in [5.74, 6) is 0.662. The van der Waals surface area contributed by atoms with Crippen LogP contribution in [0.3, 0.4) is 0 Å². The van der Waals surface area contributed by atoms with Gasteiger partial charge < -0.3 is 10.6 Å². The summed E-state index contributed by atoms with van der Waals surface area (Å²) >= 11 is 0. The molecule has 1 aliphatic heterocycles. The molecule has 1 fully saturated rings. The first-order chi connectivity index (χ1) is 10.5. The van der Waals surface area contributed by atoms with Gasteiger partial charge in [-0.1, -0.05) is 6.92 Å². The summed E-state index contributed by atoms with van der Waals surface area (Å²) in [5.41, 5.74) is 8.87. The largest absolute Gasteiger partial charge is 0.334 e. The molecule has 2 aromatic rings. The van der Waals surface area contributed by atoms with E-state index in [1.165, 1.54) is 0 Å². The second kappa shape index (κ2) is 8.14. The predicted octanol–water partition coefficient (Wildman–Crippen LogP) is 2.62. The van der Waals surface area contributed by atoms with Gasteiger partial charge in [0.2, 0.25) is 0 Å². The van der Waals surface area contributed by atoms with Crippen LogP contribution in [-0.2, 0) is 0 Å². The van der Waals surface area contributed by atoms with Crippen LogP contribution < -0.4 is 5.73 Å². The zero-order valence-corrected chi connectivity index (χ0v) is 15.8. The molecule has 0 aromatic carbocycles. The molecule has 8 heteroatoms. The van der Waals surface area contributed by atoms with Gasteiger partial charge in [-0.2, -0.15) is 5.10 Å². The molecule has 2 unspecified atom stereocenters. The quantitative estimate of drug-likeness (QED) is 0.846. The van der Waals surface area contributed by atoms with Crippen molar-refractivity contribution in [3.05, 3.63) is 23.0 Å². The van der Waals surface area contributed by atoms with E-state index in [4.69, 9.17) is 5.73 Å². The van der Waals surface area contributed by atoms with Crippen LogP contribution in [0.25, 0.3) is 11.0 Å². The van der Waals surface area contributed by atoms with Gasteiger partial charge in [-0.15, -0.1) is 24.8 Å². The van der Waals surface area contributed by atoms with Gasteiger partial charge in [0.1, 0.15) is 0 Å². The zero-order chi connectivity index (χ0) is 15.9. The first-order valence-corrected chi connectivity index (χ1v) is 7.84. The summed E-state index contributed by atoms with van der Waals surface area (Å²) in [6.45, 7) is 7.30. The number of nitrogens with one attached hydrogen (secondary N) is 1. The second-order valence-electron chi connectivity index (χ2n) is 6.38. The average molecular weight is 374 g/mol. The third-order valence-electron chi connectivity index (χ3n) is 4.57. The number of carbonyl (C=O) groups excluding carboxylic acids is 1. The van der Waals surface area contributed by atoms with Gasteiger partial charge in [0.15, 0.2) is 5.65 Å². The molecular formula is C16H25Cl2N5O. The number of halogens is 2. The van der Waals surface area contributed by atoms with E-state index < -0.39 is 0 Å². The van der Waals surface area contributed by atoms with Crippen LogP contribution in [0, 0.1) is 19.8 Å². The topological polar surface area (TPSA) is 87.9 Å². The highest BCUT2D eigenvalue weighted by Gasteiger charge is 2.31. The second-order valence-corrected chi connectivity index (χ2v) is 6.38. The minimum absolute atomic E-state index is 0. The Balaban J connectivity index is 0.00000144. The summed E-state index contributed by atoms with van der Waals surface area (Å²) in [5, 5.41) is 7.94. The monoisotopic (exact) mass is 373 g/mol. The molecule has 2 atom stereocenters. The Morgan fingerprint density at radius 2 is 2.12 bits per heavy atom. The van der Waals surface area contributed by atoms with E-state index in [0.29, 0.717) is 23.7 Å². The van der Waals surface area contributed by atoms with Crippen molar-refractivity contribution in [3.63, 3.8) is 0 Å². The highest BCUT2D eigenvalue weighted by molar-refractivity contribution is 6.06. The number of nitrogens with zero attached hydrogens (tertiary/aromatic N) is 3. The smallest absolute Gasteiger partial charge is 0.255 e. The van der Waals surface area contributed by atoms with Crippen molar-refractivity contribution in [2.75, 3.05) is 13.1 Å². The average Bonchev–Trinajstić information content (AvgIpc) is 2.86. The number of hydrogen-bond donors (Lipinski definition) is 2. The van der Waals surface area contributed by atoms with E-state index in [1.54, 1.807) is 0 Å². The Hall–Kier alpha value is -1.37. The molecule has 134 valence electrons. The number of fused-ring (bicyclic) bond motifs is 1. The summed E-state index contributed by atoms with van der Waals surface area (Å²) in [6, 6.07) is 1.98. The summed E-state index contributed by atoms with van der Waals surface area (Å²) in [4.78, 5) is 19.4. The molecule has 0 bridgehead atoms. The van der Waals surface area contributed by atoms with Crippen molar-refractivity contribution in [2.45, 2.75) is 39.7 Å². The fraction of sp³-hybridized carbons (Fsp3) is 0.562. The van der Waals surface area contributed by atoms with Gasteiger partial charge in [0.05, 0.1) is 10.9 Å². The van der Waals surface area contributed by atoms with Gasteiger partial charge in [0.25, 0.3) is 5.91 Å². The van der Waals surface area contributed by atoms with Crippen molar-refractivity contribution >= 4 is 41.8 Å². The van der Waals surface area contributed by atoms with E-state index in [2.05, 4.69) is 22.1 Å². The molecule has 1 amide bonds. The number of aromatic nitrogens is 3. The van der Waals surface area contributed by atoms with Gasteiger partial charge in [-0.05, 0) is 38.7 Å². The lowest BCUT2D eigenvalue weighted by molar-refractivity contribution is 0.0575. The minimum Gasteiger partial charge on any atom is -0.334 e. The van der Waals surface area contributed by atoms with Crippen LogP contribution in [0.15, 0.2) is 6.07 Å². The van der Waals surface area contributed by atoms with E-state index >= 15 is 0 Å². The molecule has 1 aliphatic rings. The highest BCUT2D eigenvalue weighted by Crippen LogP contribution is 2.27. The Morgan fingerprint density at radius 3 is 2.79 bits per heavy atom. The van der Waals surface area contributed by atoms with Gasteiger partial charge in [-0.25, -0.2) is 4.98 Å². The van der Waals surface area contributed by atoms with Crippen molar-refractivity contribution in [1.82, 2.24) is 20.1 Å². The Bertz CT molecular complexity index is 718. The third-order valence-corrected chi connectivity index (χ3v) is 4.57. The summed E-state index contributed by atoms with van der Waals surface area (Å²) < 4.78 is 0. The van der Waals surface area contributed by atoms with E-state index in [0.717, 1.165) is 36.2 Å². The maximum absolute atomic E-state index is 13.1. The number of piperidine rings is 1. The van der Waals surface area contributed by atoms with Crippen LogP contribution in [0.2, 0.25) is 0 Å². The number of hydrogen-bond acceptors (Lipinski definition) is 4.